The zero-order chi connectivity index (χ0) is 29.4. The van der Waals surface area contributed by atoms with Crippen LogP contribution in [0.15, 0.2) is 66.7 Å². The van der Waals surface area contributed by atoms with E-state index in [1.807, 2.05) is 66.5 Å². The third-order valence-corrected chi connectivity index (χ3v) is 8.40. The number of hydrogen-bond acceptors (Lipinski definition) is 4. The van der Waals surface area contributed by atoms with Crippen LogP contribution in [-0.2, 0) is 18.6 Å². The van der Waals surface area contributed by atoms with E-state index in [1.165, 1.54) is 0 Å². The summed E-state index contributed by atoms with van der Waals surface area (Å²) in [5, 5.41) is 27.8. The number of rotatable bonds is 11. The Balaban J connectivity index is 1.69. The fraction of sp³-hybridized carbons (Fsp3) is 0.394. The van der Waals surface area contributed by atoms with Crippen LogP contribution in [0, 0.1) is 5.92 Å². The molecule has 3 aromatic carbocycles. The van der Waals surface area contributed by atoms with Crippen molar-refractivity contribution in [2.24, 2.45) is 5.92 Å². The van der Waals surface area contributed by atoms with Crippen LogP contribution in [-0.4, -0.2) is 53.8 Å². The molecule has 0 saturated carbocycles. The molecular formula is C33H40ClN3O4. The molecule has 4 N–H and O–H groups in total. The van der Waals surface area contributed by atoms with Crippen molar-refractivity contribution >= 4 is 23.6 Å². The number of halogens is 1. The van der Waals surface area contributed by atoms with Crippen LogP contribution in [0.5, 0.6) is 0 Å². The number of carboxylic acid groups (broad SMARTS) is 1. The largest absolute Gasteiger partial charge is 0.465 e. The average molecular weight is 578 g/mol. The quantitative estimate of drug-likeness (QED) is 0.207. The molecule has 0 unspecified atom stereocenters. The Hall–Kier alpha value is -3.39. The van der Waals surface area contributed by atoms with Crippen LogP contribution in [0.1, 0.15) is 59.7 Å². The lowest BCUT2D eigenvalue weighted by molar-refractivity contribution is -0.0563. The van der Waals surface area contributed by atoms with E-state index in [9.17, 15) is 14.7 Å². The minimum Gasteiger partial charge on any atom is -0.465 e. The number of likely N-dealkylation sites (tertiary alicyclic amines) is 1. The van der Waals surface area contributed by atoms with E-state index in [2.05, 4.69) is 29.7 Å². The van der Waals surface area contributed by atoms with Gasteiger partial charge in [0.15, 0.2) is 0 Å². The lowest BCUT2D eigenvalue weighted by atomic mass is 9.72. The minimum absolute atomic E-state index is 0.0532. The molecule has 3 aromatic rings. The van der Waals surface area contributed by atoms with E-state index in [0.29, 0.717) is 42.1 Å². The average Bonchev–Trinajstić information content (AvgIpc) is 2.99. The molecule has 4 rings (SSSR count). The third kappa shape index (κ3) is 7.28. The standard InChI is InChI=1S/C33H40ClN3O4/c1-3-23-8-4-9-26(20-23)30-28(11-5-12-29(30)34)33(41,17-7-18-36-32(39)40)27-10-6-19-37(22-27)31(38)25-15-13-24(14-16-25)21-35-2/h4-5,8-9,11-16,20,27,35-36,41H,3,6-7,10,17-19,21-22H2,1-2H3,(H,39,40)/t27-,33+/m1/s1. The van der Waals surface area contributed by atoms with Gasteiger partial charge in [0, 0.05) is 48.2 Å². The first-order chi connectivity index (χ1) is 19.8. The number of benzene rings is 3. The minimum atomic E-state index is -1.34. The van der Waals surface area contributed by atoms with Crippen molar-refractivity contribution in [1.82, 2.24) is 15.5 Å². The van der Waals surface area contributed by atoms with Crippen LogP contribution in [0.4, 0.5) is 4.79 Å². The smallest absolute Gasteiger partial charge is 0.404 e. The summed E-state index contributed by atoms with van der Waals surface area (Å²) in [6, 6.07) is 21.4. The summed E-state index contributed by atoms with van der Waals surface area (Å²) >= 11 is 6.83. The number of nitrogens with zero attached hydrogens (tertiary/aromatic N) is 1. The van der Waals surface area contributed by atoms with Gasteiger partial charge in [-0.2, -0.15) is 0 Å². The second-order valence-electron chi connectivity index (χ2n) is 10.8. The van der Waals surface area contributed by atoms with Crippen molar-refractivity contribution in [3.8, 4) is 11.1 Å². The highest BCUT2D eigenvalue weighted by Crippen LogP contribution is 2.45. The number of aliphatic hydroxyl groups is 1. The van der Waals surface area contributed by atoms with Gasteiger partial charge in [0.2, 0.25) is 0 Å². The zero-order valence-electron chi connectivity index (χ0n) is 23.8. The maximum absolute atomic E-state index is 13.6. The molecule has 1 fully saturated rings. The number of carbonyl (C=O) groups is 2. The molecule has 1 aliphatic heterocycles. The molecule has 0 bridgehead atoms. The molecule has 8 heteroatoms. The second kappa shape index (κ2) is 14.0. The number of piperidine rings is 1. The molecule has 0 radical (unpaired) electrons. The molecule has 0 aromatic heterocycles. The topological polar surface area (TPSA) is 102 Å². The molecule has 0 aliphatic carbocycles. The highest BCUT2D eigenvalue weighted by atomic mass is 35.5. The first-order valence-electron chi connectivity index (χ1n) is 14.4. The van der Waals surface area contributed by atoms with Gasteiger partial charge in [-0.15, -0.1) is 0 Å². The maximum Gasteiger partial charge on any atom is 0.404 e. The van der Waals surface area contributed by atoms with E-state index >= 15 is 0 Å². The molecule has 2 atom stereocenters. The molecule has 41 heavy (non-hydrogen) atoms. The van der Waals surface area contributed by atoms with Gasteiger partial charge in [-0.05, 0) is 79.6 Å². The van der Waals surface area contributed by atoms with Gasteiger partial charge < -0.3 is 25.7 Å². The van der Waals surface area contributed by atoms with Gasteiger partial charge in [-0.1, -0.05) is 67.1 Å². The van der Waals surface area contributed by atoms with Gasteiger partial charge in [0.1, 0.15) is 0 Å². The number of amides is 2. The van der Waals surface area contributed by atoms with Gasteiger partial charge in [-0.3, -0.25) is 4.79 Å². The monoisotopic (exact) mass is 577 g/mol. The van der Waals surface area contributed by atoms with Crippen molar-refractivity contribution < 1.29 is 19.8 Å². The van der Waals surface area contributed by atoms with E-state index in [4.69, 9.17) is 16.7 Å². The summed E-state index contributed by atoms with van der Waals surface area (Å²) in [5.74, 6) is -0.317. The summed E-state index contributed by atoms with van der Waals surface area (Å²) in [6.07, 6.45) is 2.01. The molecule has 0 spiro atoms. The van der Waals surface area contributed by atoms with Crippen molar-refractivity contribution in [2.45, 2.75) is 51.2 Å². The zero-order valence-corrected chi connectivity index (χ0v) is 24.6. The number of hydrogen-bond donors (Lipinski definition) is 4. The van der Waals surface area contributed by atoms with E-state index in [0.717, 1.165) is 48.1 Å². The molecule has 1 heterocycles. The fourth-order valence-electron chi connectivity index (χ4n) is 5.94. The molecular weight excluding hydrogens is 538 g/mol. The van der Waals surface area contributed by atoms with Crippen molar-refractivity contribution in [2.75, 3.05) is 26.7 Å². The van der Waals surface area contributed by atoms with Crippen molar-refractivity contribution in [3.05, 3.63) is 94.0 Å². The Morgan fingerprint density at radius 3 is 2.54 bits per heavy atom. The first kappa shape index (κ1) is 30.6. The summed E-state index contributed by atoms with van der Waals surface area (Å²) in [5.41, 5.74) is 3.98. The van der Waals surface area contributed by atoms with E-state index in [-0.39, 0.29) is 18.4 Å². The van der Waals surface area contributed by atoms with E-state index < -0.39 is 11.7 Å². The Kier molecular flexibility index (Phi) is 10.4. The summed E-state index contributed by atoms with van der Waals surface area (Å²) in [6.45, 7) is 4.05. The van der Waals surface area contributed by atoms with Gasteiger partial charge in [0.25, 0.3) is 5.91 Å². The lowest BCUT2D eigenvalue weighted by Crippen LogP contribution is -2.48. The Morgan fingerprint density at radius 1 is 1.07 bits per heavy atom. The van der Waals surface area contributed by atoms with E-state index in [1.54, 1.807) is 0 Å². The van der Waals surface area contributed by atoms with Crippen LogP contribution < -0.4 is 10.6 Å². The summed E-state index contributed by atoms with van der Waals surface area (Å²) < 4.78 is 0. The SMILES string of the molecule is CCc1cccc(-c2c(Cl)cccc2[C@](O)(CCCNC(=O)O)[C@@H]2CCCN(C(=O)c3ccc(CNC)cc3)C2)c1. The van der Waals surface area contributed by atoms with Crippen LogP contribution in [0.3, 0.4) is 0 Å². The highest BCUT2D eigenvalue weighted by molar-refractivity contribution is 6.33. The normalized spacial score (nSPS) is 16.7. The number of aryl methyl sites for hydroxylation is 1. The van der Waals surface area contributed by atoms with Crippen molar-refractivity contribution in [3.63, 3.8) is 0 Å². The molecule has 1 aliphatic rings. The Morgan fingerprint density at radius 2 is 1.83 bits per heavy atom. The van der Waals surface area contributed by atoms with Crippen LogP contribution >= 0.6 is 11.6 Å². The molecule has 7 nitrogen and oxygen atoms in total. The number of carbonyl (C=O) groups excluding carboxylic acids is 1. The van der Waals surface area contributed by atoms with Crippen molar-refractivity contribution in [1.29, 1.82) is 0 Å². The predicted octanol–water partition coefficient (Wildman–Crippen LogP) is 6.08. The lowest BCUT2D eigenvalue weighted by Gasteiger charge is -2.44. The molecule has 218 valence electrons. The number of nitrogens with one attached hydrogen (secondary N) is 2. The Labute approximate surface area is 247 Å². The van der Waals surface area contributed by atoms with Gasteiger partial charge in [-0.25, -0.2) is 4.79 Å². The highest BCUT2D eigenvalue weighted by Gasteiger charge is 2.43. The van der Waals surface area contributed by atoms with Crippen LogP contribution in [0.25, 0.3) is 11.1 Å². The summed E-state index contributed by atoms with van der Waals surface area (Å²) in [4.78, 5) is 26.5. The van der Waals surface area contributed by atoms with Gasteiger partial charge >= 0.3 is 6.09 Å². The Bertz CT molecular complexity index is 1350. The fourth-order valence-corrected chi connectivity index (χ4v) is 6.22. The molecule has 2 amide bonds. The first-order valence-corrected chi connectivity index (χ1v) is 14.7. The second-order valence-corrected chi connectivity index (χ2v) is 11.2. The third-order valence-electron chi connectivity index (χ3n) is 8.08. The van der Waals surface area contributed by atoms with Gasteiger partial charge in [0.05, 0.1) is 5.60 Å². The summed E-state index contributed by atoms with van der Waals surface area (Å²) in [7, 11) is 1.89. The maximum atomic E-state index is 13.6. The molecule has 1 saturated heterocycles. The predicted molar refractivity (Wildman–Crippen MR) is 163 cm³/mol. The van der Waals surface area contributed by atoms with Crippen LogP contribution in [0.2, 0.25) is 5.02 Å².